The summed E-state index contributed by atoms with van der Waals surface area (Å²) in [5, 5.41) is 22.3. The van der Waals surface area contributed by atoms with E-state index in [9.17, 15) is 19.7 Å². The number of rotatable bonds is 6. The predicted octanol–water partition coefficient (Wildman–Crippen LogP) is -0.0157. The lowest BCUT2D eigenvalue weighted by atomic mass is 9.72. The molecule has 1 atom stereocenters. The Labute approximate surface area is 162 Å². The summed E-state index contributed by atoms with van der Waals surface area (Å²) in [6.07, 6.45) is 0.349. The lowest BCUT2D eigenvalue weighted by Crippen LogP contribution is -2.53. The number of nitrogens with two attached hydrogens (primary N) is 2. The third-order valence-electron chi connectivity index (χ3n) is 4.84. The Morgan fingerprint density at radius 1 is 1.14 bits per heavy atom. The van der Waals surface area contributed by atoms with Crippen LogP contribution in [0, 0.1) is 0 Å². The molecule has 1 amide bonds. The van der Waals surface area contributed by atoms with E-state index in [1.165, 1.54) is 6.07 Å². The van der Waals surface area contributed by atoms with Gasteiger partial charge in [0.1, 0.15) is 5.75 Å². The van der Waals surface area contributed by atoms with Crippen molar-refractivity contribution < 1.29 is 24.4 Å². The molecule has 0 spiro atoms. The Hall–Kier alpha value is -2.88. The first-order valence-electron chi connectivity index (χ1n) is 8.93. The lowest BCUT2D eigenvalue weighted by Gasteiger charge is -2.29. The molecule has 28 heavy (non-hydrogen) atoms. The van der Waals surface area contributed by atoms with Crippen molar-refractivity contribution in [3.63, 3.8) is 0 Å². The van der Waals surface area contributed by atoms with Crippen LogP contribution in [-0.2, 0) is 30.7 Å². The van der Waals surface area contributed by atoms with Crippen molar-refractivity contribution in [2.75, 3.05) is 0 Å². The van der Waals surface area contributed by atoms with Gasteiger partial charge in [0.15, 0.2) is 0 Å². The molecule has 0 fully saturated rings. The third-order valence-corrected chi connectivity index (χ3v) is 4.84. The normalized spacial score (nSPS) is 15.5. The minimum absolute atomic E-state index is 0.0208. The average Bonchev–Trinajstić information content (AvgIpc) is 2.67. The molecule has 2 aromatic rings. The maximum Gasteiger partial charge on any atom is 0.547 e. The summed E-state index contributed by atoms with van der Waals surface area (Å²) in [5.41, 5.74) is 14.6. The molecular formula is C19H22BN3O5. The summed E-state index contributed by atoms with van der Waals surface area (Å²) in [7, 11) is -1.35. The molecule has 0 saturated heterocycles. The van der Waals surface area contributed by atoms with Gasteiger partial charge in [-0.3, -0.25) is 4.79 Å². The molecule has 0 radical (unpaired) electrons. The Bertz CT molecular complexity index is 905. The van der Waals surface area contributed by atoms with Crippen molar-refractivity contribution in [1.82, 2.24) is 5.32 Å². The average molecular weight is 383 g/mol. The van der Waals surface area contributed by atoms with Gasteiger partial charge in [0, 0.05) is 13.1 Å². The van der Waals surface area contributed by atoms with E-state index in [4.69, 9.17) is 16.1 Å². The van der Waals surface area contributed by atoms with Gasteiger partial charge in [-0.05, 0) is 34.7 Å². The summed E-state index contributed by atoms with van der Waals surface area (Å²) in [4.78, 5) is 23.8. The van der Waals surface area contributed by atoms with Gasteiger partial charge < -0.3 is 31.6 Å². The van der Waals surface area contributed by atoms with Gasteiger partial charge in [-0.15, -0.1) is 0 Å². The molecule has 3 rings (SSSR count). The van der Waals surface area contributed by atoms with E-state index in [0.29, 0.717) is 12.1 Å². The minimum atomic E-state index is -1.35. The maximum absolute atomic E-state index is 12.5. The lowest BCUT2D eigenvalue weighted by molar-refractivity contribution is -0.120. The number of carboxylic acid groups (broad SMARTS) is 1. The van der Waals surface area contributed by atoms with Crippen LogP contribution in [0.5, 0.6) is 5.75 Å². The first-order chi connectivity index (χ1) is 13.4. The minimum Gasteiger partial charge on any atom is -0.534 e. The smallest absolute Gasteiger partial charge is 0.534 e. The van der Waals surface area contributed by atoms with Crippen LogP contribution in [-0.4, -0.2) is 35.1 Å². The Balaban J connectivity index is 1.74. The van der Waals surface area contributed by atoms with Gasteiger partial charge in [0.05, 0.1) is 17.9 Å². The fourth-order valence-corrected chi connectivity index (χ4v) is 3.45. The largest absolute Gasteiger partial charge is 0.547 e. The molecule has 0 aromatic heterocycles. The molecular weight excluding hydrogens is 361 g/mol. The summed E-state index contributed by atoms with van der Waals surface area (Å²) in [5.74, 6) is -1.99. The van der Waals surface area contributed by atoms with Gasteiger partial charge >= 0.3 is 13.1 Å². The van der Waals surface area contributed by atoms with Crippen molar-refractivity contribution in [3.05, 3.63) is 64.2 Å². The summed E-state index contributed by atoms with van der Waals surface area (Å²) >= 11 is 0. The van der Waals surface area contributed by atoms with Gasteiger partial charge in [-0.2, -0.15) is 0 Å². The zero-order valence-corrected chi connectivity index (χ0v) is 15.2. The predicted molar refractivity (Wildman–Crippen MR) is 104 cm³/mol. The molecule has 0 aliphatic carbocycles. The zero-order valence-electron chi connectivity index (χ0n) is 15.2. The number of carboxylic acids is 1. The standard InChI is InChI=1S/C19H22BN3O5/c21-9-13-5-1-3-11(15(13)10-22)8-17(24)23-16-7-12-4-2-6-14(19(25)26)18(12)28-20(16)27/h1-6,16,27H,7-10,21-22H2,(H,23,24)(H,25,26). The van der Waals surface area contributed by atoms with Crippen LogP contribution < -0.4 is 21.4 Å². The van der Waals surface area contributed by atoms with Crippen LogP contribution in [0.15, 0.2) is 36.4 Å². The zero-order chi connectivity index (χ0) is 20.3. The molecule has 1 unspecified atom stereocenters. The molecule has 0 bridgehead atoms. The molecule has 9 heteroatoms. The van der Waals surface area contributed by atoms with E-state index in [1.54, 1.807) is 12.1 Å². The Morgan fingerprint density at radius 3 is 2.54 bits per heavy atom. The SMILES string of the molecule is NCc1cccc(CC(=O)NC2Cc3cccc(C(=O)O)c3OB2O)c1CN. The van der Waals surface area contributed by atoms with Gasteiger partial charge in [0.25, 0.3) is 0 Å². The topological polar surface area (TPSA) is 148 Å². The van der Waals surface area contributed by atoms with Crippen molar-refractivity contribution in [1.29, 1.82) is 0 Å². The second kappa shape index (κ2) is 8.43. The highest BCUT2D eigenvalue weighted by molar-refractivity contribution is 6.47. The number of amides is 1. The molecule has 7 N–H and O–H groups in total. The monoisotopic (exact) mass is 383 g/mol. The highest BCUT2D eigenvalue weighted by Gasteiger charge is 2.37. The number of para-hydroxylation sites is 1. The second-order valence-electron chi connectivity index (χ2n) is 6.63. The number of nitrogens with one attached hydrogen (secondary N) is 1. The van der Waals surface area contributed by atoms with Crippen LogP contribution >= 0.6 is 0 Å². The summed E-state index contributed by atoms with van der Waals surface area (Å²) < 4.78 is 5.39. The van der Waals surface area contributed by atoms with E-state index >= 15 is 0 Å². The second-order valence-corrected chi connectivity index (χ2v) is 6.63. The number of hydrogen-bond acceptors (Lipinski definition) is 6. The van der Waals surface area contributed by atoms with Gasteiger partial charge in [-0.25, -0.2) is 4.79 Å². The molecule has 8 nitrogen and oxygen atoms in total. The van der Waals surface area contributed by atoms with Crippen molar-refractivity contribution >= 4 is 19.0 Å². The number of carbonyl (C=O) groups is 2. The molecule has 146 valence electrons. The van der Waals surface area contributed by atoms with Crippen LogP contribution in [0.4, 0.5) is 0 Å². The molecule has 1 heterocycles. The number of benzene rings is 2. The number of carbonyl (C=O) groups excluding carboxylic acids is 1. The van der Waals surface area contributed by atoms with E-state index in [-0.39, 0.29) is 36.6 Å². The van der Waals surface area contributed by atoms with Gasteiger partial charge in [-0.1, -0.05) is 30.3 Å². The van der Waals surface area contributed by atoms with Crippen LogP contribution in [0.2, 0.25) is 0 Å². The number of hydrogen-bond donors (Lipinski definition) is 5. The summed E-state index contributed by atoms with van der Waals surface area (Å²) in [6, 6.07) is 10.2. The molecule has 2 aromatic carbocycles. The summed E-state index contributed by atoms with van der Waals surface area (Å²) in [6.45, 7) is 0.607. The number of aromatic carboxylic acids is 1. The number of fused-ring (bicyclic) bond motifs is 1. The third kappa shape index (κ3) is 4.01. The Kier molecular flexibility index (Phi) is 5.98. The van der Waals surface area contributed by atoms with E-state index < -0.39 is 19.0 Å². The first-order valence-corrected chi connectivity index (χ1v) is 8.93. The van der Waals surface area contributed by atoms with E-state index in [0.717, 1.165) is 16.7 Å². The maximum atomic E-state index is 12.5. The van der Waals surface area contributed by atoms with E-state index in [2.05, 4.69) is 5.32 Å². The van der Waals surface area contributed by atoms with Gasteiger partial charge in [0.2, 0.25) is 5.91 Å². The first kappa shape index (κ1) is 19.9. The molecule has 1 aliphatic rings. The highest BCUT2D eigenvalue weighted by Crippen LogP contribution is 2.30. The van der Waals surface area contributed by atoms with Crippen molar-refractivity contribution in [2.45, 2.75) is 31.9 Å². The fourth-order valence-electron chi connectivity index (χ4n) is 3.45. The fraction of sp³-hybridized carbons (Fsp3) is 0.263. The van der Waals surface area contributed by atoms with Crippen molar-refractivity contribution in [2.24, 2.45) is 11.5 Å². The Morgan fingerprint density at radius 2 is 1.86 bits per heavy atom. The van der Waals surface area contributed by atoms with Crippen LogP contribution in [0.25, 0.3) is 0 Å². The molecule has 1 aliphatic heterocycles. The molecule has 0 saturated carbocycles. The highest BCUT2D eigenvalue weighted by atomic mass is 16.5. The van der Waals surface area contributed by atoms with Crippen LogP contribution in [0.1, 0.15) is 32.6 Å². The quantitative estimate of drug-likeness (QED) is 0.441. The van der Waals surface area contributed by atoms with Crippen LogP contribution in [0.3, 0.4) is 0 Å². The van der Waals surface area contributed by atoms with E-state index in [1.807, 2.05) is 18.2 Å². The van der Waals surface area contributed by atoms with Crippen molar-refractivity contribution in [3.8, 4) is 5.75 Å².